The van der Waals surface area contributed by atoms with E-state index in [0.717, 1.165) is 29.6 Å². The van der Waals surface area contributed by atoms with E-state index < -0.39 is 0 Å². The molecule has 0 aliphatic heterocycles. The molecule has 0 heterocycles. The first kappa shape index (κ1) is 28.2. The molecular weight excluding hydrogens is 384 g/mol. The Labute approximate surface area is 204 Å². The standard InChI is InChI=1S/C32H61/c1-7-10-17-27(6)24-29(25-28(9-3)18-11-8-2)31(23-26(4)5)32(21-15-12-16-22-32)30-19-13-14-20-30/h26-28,30-31H,7-25H2,1-6H3. The van der Waals surface area contributed by atoms with Crippen LogP contribution in [-0.4, -0.2) is 0 Å². The zero-order chi connectivity index (χ0) is 23.4. The van der Waals surface area contributed by atoms with Crippen molar-refractivity contribution in [2.45, 2.75) is 164 Å². The van der Waals surface area contributed by atoms with Gasteiger partial charge in [0, 0.05) is 0 Å². The maximum absolute atomic E-state index is 2.58. The summed E-state index contributed by atoms with van der Waals surface area (Å²) in [7, 11) is 0. The predicted octanol–water partition coefficient (Wildman–Crippen LogP) is 11.2. The highest BCUT2D eigenvalue weighted by molar-refractivity contribution is 5.09. The van der Waals surface area contributed by atoms with Gasteiger partial charge in [0.2, 0.25) is 0 Å². The summed E-state index contributed by atoms with van der Waals surface area (Å²) in [6.45, 7) is 14.8. The normalized spacial score (nSPS) is 22.5. The molecule has 0 aromatic carbocycles. The average Bonchev–Trinajstić information content (AvgIpc) is 3.34. The molecule has 0 saturated heterocycles. The molecule has 0 bridgehead atoms. The summed E-state index contributed by atoms with van der Waals surface area (Å²) in [5.41, 5.74) is 0.655. The van der Waals surface area contributed by atoms with Crippen LogP contribution in [0.3, 0.4) is 0 Å². The number of unbranched alkanes of at least 4 members (excludes halogenated alkanes) is 2. The fourth-order valence-electron chi connectivity index (χ4n) is 7.82. The van der Waals surface area contributed by atoms with E-state index in [2.05, 4.69) is 47.5 Å². The second-order valence-electron chi connectivity index (χ2n) is 12.7. The Bertz CT molecular complexity index is 451. The van der Waals surface area contributed by atoms with Crippen molar-refractivity contribution in [2.75, 3.05) is 0 Å². The molecule has 2 aliphatic rings. The van der Waals surface area contributed by atoms with Crippen LogP contribution in [-0.2, 0) is 0 Å². The van der Waals surface area contributed by atoms with E-state index in [4.69, 9.17) is 0 Å². The molecule has 0 aromatic heterocycles. The molecule has 3 atom stereocenters. The largest absolute Gasteiger partial charge is 0.0654 e. The van der Waals surface area contributed by atoms with Crippen molar-refractivity contribution < 1.29 is 0 Å². The van der Waals surface area contributed by atoms with E-state index in [1.807, 2.05) is 0 Å². The van der Waals surface area contributed by atoms with Crippen LogP contribution < -0.4 is 0 Å². The Hall–Kier alpha value is 0. The molecule has 0 amide bonds. The third-order valence-electron chi connectivity index (χ3n) is 9.60. The average molecular weight is 446 g/mol. The fraction of sp³-hybridized carbons (Fsp3) is 0.969. The Balaban J connectivity index is 2.35. The molecule has 3 unspecified atom stereocenters. The Morgan fingerprint density at radius 3 is 1.97 bits per heavy atom. The number of rotatable bonds is 16. The molecule has 0 nitrogen and oxygen atoms in total. The van der Waals surface area contributed by atoms with Gasteiger partial charge in [-0.2, -0.15) is 0 Å². The molecule has 2 fully saturated rings. The Kier molecular flexibility index (Phi) is 13.3. The highest BCUT2D eigenvalue weighted by Gasteiger charge is 2.49. The summed E-state index contributed by atoms with van der Waals surface area (Å²) < 4.78 is 0. The van der Waals surface area contributed by atoms with Gasteiger partial charge in [0.15, 0.2) is 0 Å². The molecule has 2 rings (SSSR count). The van der Waals surface area contributed by atoms with Crippen LogP contribution in [0.15, 0.2) is 0 Å². The van der Waals surface area contributed by atoms with E-state index in [0.29, 0.717) is 5.41 Å². The van der Waals surface area contributed by atoms with Gasteiger partial charge in [-0.3, -0.25) is 0 Å². The zero-order valence-electron chi connectivity index (χ0n) is 23.3. The smallest absolute Gasteiger partial charge is 0.0199 e. The van der Waals surface area contributed by atoms with E-state index in [1.165, 1.54) is 96.3 Å². The van der Waals surface area contributed by atoms with Crippen molar-refractivity contribution in [1.82, 2.24) is 0 Å². The maximum atomic E-state index is 2.58. The van der Waals surface area contributed by atoms with E-state index >= 15 is 0 Å². The third-order valence-corrected chi connectivity index (χ3v) is 9.60. The summed E-state index contributed by atoms with van der Waals surface area (Å²) >= 11 is 0. The van der Waals surface area contributed by atoms with Gasteiger partial charge in [0.25, 0.3) is 0 Å². The highest BCUT2D eigenvalue weighted by Crippen LogP contribution is 2.59. The van der Waals surface area contributed by atoms with Crippen LogP contribution in [0.2, 0.25) is 0 Å². The predicted molar refractivity (Wildman–Crippen MR) is 145 cm³/mol. The minimum atomic E-state index is 0.655. The van der Waals surface area contributed by atoms with Crippen LogP contribution in [0.25, 0.3) is 0 Å². The van der Waals surface area contributed by atoms with Crippen LogP contribution in [0.1, 0.15) is 164 Å². The Morgan fingerprint density at radius 1 is 0.781 bits per heavy atom. The van der Waals surface area contributed by atoms with Crippen molar-refractivity contribution in [3.63, 3.8) is 0 Å². The third kappa shape index (κ3) is 8.34. The van der Waals surface area contributed by atoms with Crippen molar-refractivity contribution in [2.24, 2.45) is 35.0 Å². The van der Waals surface area contributed by atoms with E-state index in [-0.39, 0.29) is 0 Å². The lowest BCUT2D eigenvalue weighted by atomic mass is 9.52. The second kappa shape index (κ2) is 15.1. The summed E-state index contributed by atoms with van der Waals surface area (Å²) in [6, 6.07) is 0. The zero-order valence-corrected chi connectivity index (χ0v) is 23.3. The molecule has 2 aliphatic carbocycles. The van der Waals surface area contributed by atoms with Gasteiger partial charge in [-0.25, -0.2) is 0 Å². The van der Waals surface area contributed by atoms with Crippen LogP contribution in [0.5, 0.6) is 0 Å². The van der Waals surface area contributed by atoms with Crippen molar-refractivity contribution in [3.8, 4) is 0 Å². The number of hydrogen-bond acceptors (Lipinski definition) is 0. The van der Waals surface area contributed by atoms with Gasteiger partial charge < -0.3 is 0 Å². The van der Waals surface area contributed by atoms with E-state index in [1.54, 1.807) is 25.7 Å². The van der Waals surface area contributed by atoms with Gasteiger partial charge in [-0.15, -0.1) is 0 Å². The van der Waals surface area contributed by atoms with Crippen molar-refractivity contribution in [1.29, 1.82) is 0 Å². The first-order valence-corrected chi connectivity index (χ1v) is 15.3. The maximum Gasteiger partial charge on any atom is -0.0199 e. The summed E-state index contributed by atoms with van der Waals surface area (Å²) in [5.74, 6) is 6.64. The van der Waals surface area contributed by atoms with Gasteiger partial charge >= 0.3 is 0 Å². The quantitative estimate of drug-likeness (QED) is 0.221. The van der Waals surface area contributed by atoms with Gasteiger partial charge in [0.05, 0.1) is 0 Å². The molecule has 0 spiro atoms. The first-order chi connectivity index (χ1) is 15.5. The lowest BCUT2D eigenvalue weighted by molar-refractivity contribution is 0.0139. The molecule has 0 N–H and O–H groups in total. The van der Waals surface area contributed by atoms with E-state index in [9.17, 15) is 0 Å². The van der Waals surface area contributed by atoms with Crippen LogP contribution in [0.4, 0.5) is 0 Å². The minimum absolute atomic E-state index is 0.655. The van der Waals surface area contributed by atoms with Crippen LogP contribution >= 0.6 is 0 Å². The topological polar surface area (TPSA) is 0 Å². The van der Waals surface area contributed by atoms with Crippen LogP contribution in [0, 0.1) is 40.9 Å². The summed E-state index contributed by atoms with van der Waals surface area (Å²) in [4.78, 5) is 0. The fourth-order valence-corrected chi connectivity index (χ4v) is 7.82. The minimum Gasteiger partial charge on any atom is -0.0654 e. The van der Waals surface area contributed by atoms with Crippen molar-refractivity contribution in [3.05, 3.63) is 5.92 Å². The number of hydrogen-bond donors (Lipinski definition) is 0. The SMILES string of the molecule is CCCCC(C)C[C](CC(CC)CCCC)C(CC(C)C)C1(C2CCCC2)CCCCC1. The van der Waals surface area contributed by atoms with Crippen molar-refractivity contribution >= 4 is 0 Å². The highest BCUT2D eigenvalue weighted by atomic mass is 14.5. The molecular formula is C32H61. The molecule has 0 aromatic rings. The summed E-state index contributed by atoms with van der Waals surface area (Å²) in [6.07, 6.45) is 27.9. The Morgan fingerprint density at radius 2 is 1.41 bits per heavy atom. The molecule has 1 radical (unpaired) electrons. The summed E-state index contributed by atoms with van der Waals surface area (Å²) in [5, 5.41) is 0. The van der Waals surface area contributed by atoms with Gasteiger partial charge in [-0.05, 0) is 85.9 Å². The first-order valence-electron chi connectivity index (χ1n) is 15.3. The second-order valence-corrected chi connectivity index (χ2v) is 12.7. The molecule has 189 valence electrons. The monoisotopic (exact) mass is 445 g/mol. The molecule has 2 saturated carbocycles. The van der Waals surface area contributed by atoms with Gasteiger partial charge in [0.1, 0.15) is 0 Å². The lowest BCUT2D eigenvalue weighted by Crippen LogP contribution is -2.43. The van der Waals surface area contributed by atoms with Gasteiger partial charge in [-0.1, -0.05) is 119 Å². The molecule has 32 heavy (non-hydrogen) atoms. The lowest BCUT2D eigenvalue weighted by Gasteiger charge is -2.52. The molecule has 0 heteroatoms.